The molecule has 1 heterocycles. The third-order valence-corrected chi connectivity index (χ3v) is 2.83. The second-order valence-corrected chi connectivity index (χ2v) is 4.36. The Morgan fingerprint density at radius 3 is 2.52 bits per heavy atom. The van der Waals surface area contributed by atoms with Gasteiger partial charge in [0.2, 0.25) is 6.10 Å². The first-order valence-electron chi connectivity index (χ1n) is 6.43. The van der Waals surface area contributed by atoms with Crippen molar-refractivity contribution in [3.63, 3.8) is 0 Å². The van der Waals surface area contributed by atoms with Gasteiger partial charge in [-0.25, -0.2) is 9.59 Å². The van der Waals surface area contributed by atoms with Crippen LogP contribution in [0.2, 0.25) is 0 Å². The summed E-state index contributed by atoms with van der Waals surface area (Å²) in [7, 11) is 0. The van der Waals surface area contributed by atoms with Crippen LogP contribution in [-0.4, -0.2) is 30.7 Å². The van der Waals surface area contributed by atoms with E-state index in [1.807, 2.05) is 0 Å². The Bertz CT molecular complexity index is 553. The number of ether oxygens (including phenoxy) is 3. The van der Waals surface area contributed by atoms with Gasteiger partial charge in [0.25, 0.3) is 0 Å². The van der Waals surface area contributed by atoms with Gasteiger partial charge in [-0.15, -0.1) is 0 Å². The number of nitrogens with one attached hydrogen (secondary N) is 1. The van der Waals surface area contributed by atoms with Crippen molar-refractivity contribution >= 4 is 18.0 Å². The molecule has 1 saturated heterocycles. The van der Waals surface area contributed by atoms with Gasteiger partial charge in [0.05, 0.1) is 6.61 Å². The minimum atomic E-state index is -1.03. The summed E-state index contributed by atoms with van der Waals surface area (Å²) in [6.45, 7) is 3.17. The Hall–Kier alpha value is -2.57. The van der Waals surface area contributed by atoms with E-state index in [-0.39, 0.29) is 6.61 Å². The van der Waals surface area contributed by atoms with Crippen LogP contribution in [0.15, 0.2) is 24.3 Å². The smallest absolute Gasteiger partial charge is 0.408 e. The summed E-state index contributed by atoms with van der Waals surface area (Å²) >= 11 is 0. The molecule has 1 aromatic carbocycles. The largest absolute Gasteiger partial charge is 0.463 e. The third-order valence-electron chi connectivity index (χ3n) is 2.83. The first kappa shape index (κ1) is 14.8. The number of cyclic esters (lactones) is 1. The number of esters is 2. The molecule has 2 atom stereocenters. The van der Waals surface area contributed by atoms with Crippen LogP contribution in [0.4, 0.5) is 4.79 Å². The Balaban J connectivity index is 2.16. The first-order valence-corrected chi connectivity index (χ1v) is 6.43. The lowest BCUT2D eigenvalue weighted by Gasteiger charge is -2.16. The lowest BCUT2D eigenvalue weighted by Crippen LogP contribution is -2.30. The highest BCUT2D eigenvalue weighted by Crippen LogP contribution is 2.27. The molecule has 0 bridgehead atoms. The van der Waals surface area contributed by atoms with Crippen LogP contribution in [0.25, 0.3) is 0 Å². The van der Waals surface area contributed by atoms with E-state index >= 15 is 0 Å². The monoisotopic (exact) mass is 293 g/mol. The highest BCUT2D eigenvalue weighted by molar-refractivity contribution is 5.83. The minimum Gasteiger partial charge on any atom is -0.463 e. The van der Waals surface area contributed by atoms with Gasteiger partial charge in [-0.3, -0.25) is 4.79 Å². The van der Waals surface area contributed by atoms with Crippen molar-refractivity contribution in [3.8, 4) is 5.75 Å². The first-order chi connectivity index (χ1) is 10.0. The van der Waals surface area contributed by atoms with Crippen LogP contribution in [0.5, 0.6) is 5.75 Å². The maximum atomic E-state index is 11.8. The number of hydrogen-bond donors (Lipinski definition) is 1. The predicted octanol–water partition coefficient (Wildman–Crippen LogP) is 1.32. The zero-order valence-electron chi connectivity index (χ0n) is 11.6. The molecule has 21 heavy (non-hydrogen) atoms. The molecule has 0 saturated carbocycles. The molecule has 1 amide bonds. The Morgan fingerprint density at radius 1 is 1.29 bits per heavy atom. The summed E-state index contributed by atoms with van der Waals surface area (Å²) in [5.41, 5.74) is 0.648. The predicted molar refractivity (Wildman–Crippen MR) is 70.5 cm³/mol. The summed E-state index contributed by atoms with van der Waals surface area (Å²) in [5.74, 6) is -0.654. The molecule has 0 aromatic heterocycles. The number of benzene rings is 1. The van der Waals surface area contributed by atoms with E-state index in [4.69, 9.17) is 14.2 Å². The number of alkyl carbamates (subject to hydrolysis) is 1. The van der Waals surface area contributed by atoms with E-state index in [1.54, 1.807) is 31.2 Å². The second kappa shape index (κ2) is 6.25. The van der Waals surface area contributed by atoms with Gasteiger partial charge in [0.1, 0.15) is 11.8 Å². The fourth-order valence-corrected chi connectivity index (χ4v) is 2.00. The van der Waals surface area contributed by atoms with E-state index in [1.165, 1.54) is 6.92 Å². The van der Waals surface area contributed by atoms with Gasteiger partial charge in [0.15, 0.2) is 0 Å². The Labute approximate surface area is 121 Å². The van der Waals surface area contributed by atoms with Gasteiger partial charge in [0, 0.05) is 6.92 Å². The zero-order valence-corrected chi connectivity index (χ0v) is 11.6. The van der Waals surface area contributed by atoms with Crippen LogP contribution in [0.3, 0.4) is 0 Å². The average Bonchev–Trinajstić information content (AvgIpc) is 2.81. The molecule has 0 aliphatic carbocycles. The number of carbonyl (C=O) groups excluding carboxylic acids is 3. The van der Waals surface area contributed by atoms with Crippen molar-refractivity contribution in [3.05, 3.63) is 29.8 Å². The normalized spacial score (nSPS) is 20.4. The van der Waals surface area contributed by atoms with Crippen LogP contribution in [-0.2, 0) is 19.1 Å². The zero-order chi connectivity index (χ0) is 15.4. The van der Waals surface area contributed by atoms with E-state index in [2.05, 4.69) is 5.32 Å². The van der Waals surface area contributed by atoms with Crippen molar-refractivity contribution in [2.24, 2.45) is 0 Å². The van der Waals surface area contributed by atoms with Crippen molar-refractivity contribution in [1.82, 2.24) is 5.32 Å². The quantitative estimate of drug-likeness (QED) is 0.665. The molecule has 0 unspecified atom stereocenters. The fraction of sp³-hybridized carbons (Fsp3) is 0.357. The van der Waals surface area contributed by atoms with Crippen molar-refractivity contribution in [2.75, 3.05) is 6.61 Å². The van der Waals surface area contributed by atoms with Crippen LogP contribution >= 0.6 is 0 Å². The van der Waals surface area contributed by atoms with E-state index in [0.717, 1.165) is 0 Å². The topological polar surface area (TPSA) is 90.9 Å². The van der Waals surface area contributed by atoms with E-state index in [0.29, 0.717) is 11.3 Å². The van der Waals surface area contributed by atoms with Crippen molar-refractivity contribution in [1.29, 1.82) is 0 Å². The fourth-order valence-electron chi connectivity index (χ4n) is 2.00. The summed E-state index contributed by atoms with van der Waals surface area (Å²) in [6.07, 6.45) is -1.71. The SMILES string of the molecule is CCOC(=O)[C@H]1OC(=O)N[C@@H]1c1ccc(OC(C)=O)cc1. The lowest BCUT2D eigenvalue weighted by molar-refractivity contribution is -0.152. The molecular weight excluding hydrogens is 278 g/mol. The molecule has 1 fully saturated rings. The number of carbonyl (C=O) groups is 3. The summed E-state index contributed by atoms with van der Waals surface area (Å²) in [6, 6.07) is 5.80. The summed E-state index contributed by atoms with van der Waals surface area (Å²) in [5, 5.41) is 2.55. The van der Waals surface area contributed by atoms with Crippen molar-refractivity contribution < 1.29 is 28.6 Å². The molecule has 1 N–H and O–H groups in total. The van der Waals surface area contributed by atoms with E-state index < -0.39 is 30.2 Å². The standard InChI is InChI=1S/C14H15NO6/c1-3-19-13(17)12-11(15-14(18)21-12)9-4-6-10(7-5-9)20-8(2)16/h4-7,11-12H,3H2,1-2H3,(H,15,18)/t11-,12+/m1/s1. The maximum Gasteiger partial charge on any atom is 0.408 e. The molecule has 7 heteroatoms. The molecule has 7 nitrogen and oxygen atoms in total. The summed E-state index contributed by atoms with van der Waals surface area (Å²) in [4.78, 5) is 34.0. The molecule has 112 valence electrons. The molecule has 1 aliphatic heterocycles. The number of hydrogen-bond acceptors (Lipinski definition) is 6. The summed E-state index contributed by atoms with van der Waals surface area (Å²) < 4.78 is 14.7. The van der Waals surface area contributed by atoms with Crippen molar-refractivity contribution in [2.45, 2.75) is 26.0 Å². The van der Waals surface area contributed by atoms with Crippen LogP contribution in [0, 0.1) is 0 Å². The van der Waals surface area contributed by atoms with E-state index in [9.17, 15) is 14.4 Å². The number of rotatable bonds is 4. The molecule has 1 aromatic rings. The van der Waals surface area contributed by atoms with Gasteiger partial charge < -0.3 is 19.5 Å². The van der Waals surface area contributed by atoms with Gasteiger partial charge in [-0.2, -0.15) is 0 Å². The Morgan fingerprint density at radius 2 is 1.95 bits per heavy atom. The number of amides is 1. The van der Waals surface area contributed by atoms with Gasteiger partial charge in [-0.1, -0.05) is 12.1 Å². The lowest BCUT2D eigenvalue weighted by atomic mass is 10.0. The average molecular weight is 293 g/mol. The van der Waals surface area contributed by atoms with Gasteiger partial charge >= 0.3 is 18.0 Å². The minimum absolute atomic E-state index is 0.199. The highest BCUT2D eigenvalue weighted by atomic mass is 16.6. The second-order valence-electron chi connectivity index (χ2n) is 4.36. The molecule has 2 rings (SSSR count). The van der Waals surface area contributed by atoms with Crippen LogP contribution < -0.4 is 10.1 Å². The molecule has 0 radical (unpaired) electrons. The highest BCUT2D eigenvalue weighted by Gasteiger charge is 2.41. The van der Waals surface area contributed by atoms with Gasteiger partial charge in [-0.05, 0) is 24.6 Å². The molecule has 1 aliphatic rings. The third kappa shape index (κ3) is 3.50. The Kier molecular flexibility index (Phi) is 4.42. The van der Waals surface area contributed by atoms with Crippen LogP contribution in [0.1, 0.15) is 25.5 Å². The molecular formula is C14H15NO6. The maximum absolute atomic E-state index is 11.8. The molecule has 0 spiro atoms.